The third kappa shape index (κ3) is 3.02. The predicted octanol–water partition coefficient (Wildman–Crippen LogP) is 5.60. The molecule has 0 saturated carbocycles. The van der Waals surface area contributed by atoms with Crippen LogP contribution >= 0.6 is 11.3 Å². The summed E-state index contributed by atoms with van der Waals surface area (Å²) < 4.78 is 1.97. The van der Waals surface area contributed by atoms with E-state index in [1.807, 2.05) is 42.1 Å². The number of nitrogens with one attached hydrogen (secondary N) is 1. The summed E-state index contributed by atoms with van der Waals surface area (Å²) in [5, 5.41) is 10.6. The zero-order valence-electron chi connectivity index (χ0n) is 17.7. The van der Waals surface area contributed by atoms with Crippen LogP contribution in [-0.2, 0) is 4.79 Å². The van der Waals surface area contributed by atoms with Gasteiger partial charge in [0.2, 0.25) is 0 Å². The van der Waals surface area contributed by atoms with Crippen LogP contribution in [0.4, 0.5) is 5.82 Å². The van der Waals surface area contributed by atoms with E-state index >= 15 is 0 Å². The van der Waals surface area contributed by atoms with Gasteiger partial charge in [-0.15, -0.1) is 11.3 Å². The highest BCUT2D eigenvalue weighted by molar-refractivity contribution is 7.10. The van der Waals surface area contributed by atoms with E-state index in [4.69, 9.17) is 5.10 Å². The molecule has 1 aliphatic heterocycles. The van der Waals surface area contributed by atoms with Crippen LogP contribution in [0.25, 0.3) is 5.69 Å². The molecule has 1 N–H and O–H groups in total. The number of aryl methyl sites for hydroxylation is 1. The van der Waals surface area contributed by atoms with Crippen molar-refractivity contribution >= 4 is 22.9 Å². The normalized spacial score (nSPS) is 20.0. The second-order valence-electron chi connectivity index (χ2n) is 8.38. The number of hydrogen-bond donors (Lipinski definition) is 1. The number of Topliss-reactive ketones (excluding diaryl/α,β-unsaturated/α-hetero) is 1. The zero-order chi connectivity index (χ0) is 21.7. The Kier molecular flexibility index (Phi) is 4.54. The first-order chi connectivity index (χ1) is 15.7. The molecule has 0 radical (unpaired) electrons. The van der Waals surface area contributed by atoms with E-state index in [2.05, 4.69) is 46.0 Å². The van der Waals surface area contributed by atoms with Crippen molar-refractivity contribution in [3.8, 4) is 5.69 Å². The van der Waals surface area contributed by atoms with Crippen molar-refractivity contribution in [2.75, 3.05) is 5.32 Å². The van der Waals surface area contributed by atoms with Crippen LogP contribution in [0, 0.1) is 6.92 Å². The number of ketones is 1. The van der Waals surface area contributed by atoms with Crippen molar-refractivity contribution in [2.24, 2.45) is 0 Å². The second kappa shape index (κ2) is 7.57. The van der Waals surface area contributed by atoms with Crippen LogP contribution in [0.3, 0.4) is 0 Å². The molecular formula is C26H22N4OS. The Bertz CT molecular complexity index is 1320. The lowest BCUT2D eigenvalue weighted by Gasteiger charge is -2.35. The topological polar surface area (TPSA) is 59.8 Å². The maximum atomic E-state index is 13.6. The van der Waals surface area contributed by atoms with E-state index in [9.17, 15) is 4.79 Å². The van der Waals surface area contributed by atoms with E-state index in [0.717, 1.165) is 46.0 Å². The number of anilines is 1. The summed E-state index contributed by atoms with van der Waals surface area (Å²) in [6.07, 6.45) is 5.01. The van der Waals surface area contributed by atoms with Gasteiger partial charge in [-0.1, -0.05) is 30.3 Å². The largest absolute Gasteiger partial charge is 0.343 e. The first-order valence-corrected chi connectivity index (χ1v) is 11.7. The minimum Gasteiger partial charge on any atom is -0.343 e. The first-order valence-electron chi connectivity index (χ1n) is 10.8. The predicted molar refractivity (Wildman–Crippen MR) is 126 cm³/mol. The van der Waals surface area contributed by atoms with Gasteiger partial charge < -0.3 is 5.32 Å². The number of benzene rings is 1. The Labute approximate surface area is 190 Å². The smallest absolute Gasteiger partial charge is 0.162 e. The van der Waals surface area contributed by atoms with Crippen LogP contribution < -0.4 is 5.32 Å². The maximum absolute atomic E-state index is 13.6. The maximum Gasteiger partial charge on any atom is 0.162 e. The quantitative estimate of drug-likeness (QED) is 0.453. The minimum absolute atomic E-state index is 0.163. The molecule has 0 bridgehead atoms. The molecule has 1 aromatic carbocycles. The molecule has 5 nitrogen and oxygen atoms in total. The van der Waals surface area contributed by atoms with E-state index in [1.54, 1.807) is 17.5 Å². The second-order valence-corrected chi connectivity index (χ2v) is 9.35. The SMILES string of the molecule is Cc1nn(-c2ccccc2)c2c1[C@@H](c1cccnc1)C1=C(C[C@H](c3cccs3)CC1=O)N2. The third-order valence-corrected chi connectivity index (χ3v) is 7.46. The number of carbonyl (C=O) groups is 1. The van der Waals surface area contributed by atoms with Gasteiger partial charge in [0.15, 0.2) is 5.78 Å². The number of hydrogen-bond acceptors (Lipinski definition) is 5. The Balaban J connectivity index is 1.54. The molecule has 4 heterocycles. The first kappa shape index (κ1) is 19.2. The van der Waals surface area contributed by atoms with Crippen LogP contribution in [0.2, 0.25) is 0 Å². The average molecular weight is 439 g/mol. The summed E-state index contributed by atoms with van der Waals surface area (Å²) >= 11 is 1.73. The summed E-state index contributed by atoms with van der Waals surface area (Å²) in [5.41, 5.74) is 5.89. The molecule has 6 rings (SSSR count). The Morgan fingerprint density at radius 1 is 1.06 bits per heavy atom. The zero-order valence-corrected chi connectivity index (χ0v) is 18.5. The number of allylic oxidation sites excluding steroid dienone is 2. The van der Waals surface area contributed by atoms with Crippen molar-refractivity contribution in [1.82, 2.24) is 14.8 Å². The number of para-hydroxylation sites is 1. The molecule has 0 unspecified atom stereocenters. The van der Waals surface area contributed by atoms with Gasteiger partial charge in [0.25, 0.3) is 0 Å². The van der Waals surface area contributed by atoms with Crippen molar-refractivity contribution in [1.29, 1.82) is 0 Å². The number of nitrogens with zero attached hydrogens (tertiary/aromatic N) is 3. The van der Waals surface area contributed by atoms with E-state index in [0.29, 0.717) is 6.42 Å². The number of pyridine rings is 1. The fraction of sp³-hybridized carbons (Fsp3) is 0.192. The molecule has 0 amide bonds. The molecule has 4 aromatic rings. The van der Waals surface area contributed by atoms with Crippen LogP contribution in [0.1, 0.15) is 46.4 Å². The van der Waals surface area contributed by atoms with Gasteiger partial charge in [0.1, 0.15) is 5.82 Å². The van der Waals surface area contributed by atoms with E-state index in [1.165, 1.54) is 4.88 Å². The lowest BCUT2D eigenvalue weighted by Crippen LogP contribution is -2.30. The monoisotopic (exact) mass is 438 g/mol. The van der Waals surface area contributed by atoms with Gasteiger partial charge in [-0.25, -0.2) is 4.68 Å². The van der Waals surface area contributed by atoms with E-state index in [-0.39, 0.29) is 17.6 Å². The lowest BCUT2D eigenvalue weighted by atomic mass is 9.73. The molecule has 0 spiro atoms. The Morgan fingerprint density at radius 3 is 2.69 bits per heavy atom. The van der Waals surface area contributed by atoms with Gasteiger partial charge in [-0.3, -0.25) is 9.78 Å². The number of carbonyl (C=O) groups excluding carboxylic acids is 1. The number of rotatable bonds is 3. The van der Waals surface area contributed by atoms with Crippen molar-refractivity contribution in [2.45, 2.75) is 31.6 Å². The fourth-order valence-electron chi connectivity index (χ4n) is 5.04. The highest BCUT2D eigenvalue weighted by Crippen LogP contribution is 2.49. The summed E-state index contributed by atoms with van der Waals surface area (Å²) in [7, 11) is 0. The van der Waals surface area contributed by atoms with Crippen LogP contribution in [0.5, 0.6) is 0 Å². The molecule has 32 heavy (non-hydrogen) atoms. The number of aromatic nitrogens is 3. The van der Waals surface area contributed by atoms with Gasteiger partial charge in [0.05, 0.1) is 11.4 Å². The molecule has 0 saturated heterocycles. The average Bonchev–Trinajstić information content (AvgIpc) is 3.48. The summed E-state index contributed by atoms with van der Waals surface area (Å²) in [6.45, 7) is 2.02. The molecule has 1 aliphatic carbocycles. The molecule has 2 aliphatic rings. The van der Waals surface area contributed by atoms with Crippen molar-refractivity contribution in [3.63, 3.8) is 0 Å². The van der Waals surface area contributed by atoms with Crippen molar-refractivity contribution in [3.05, 3.63) is 105 Å². The minimum atomic E-state index is -0.163. The third-order valence-electron chi connectivity index (χ3n) is 6.43. The number of fused-ring (bicyclic) bond motifs is 1. The van der Waals surface area contributed by atoms with Gasteiger partial charge >= 0.3 is 0 Å². The molecule has 3 aromatic heterocycles. The molecule has 158 valence electrons. The number of thiophene rings is 1. The molecular weight excluding hydrogens is 416 g/mol. The van der Waals surface area contributed by atoms with E-state index < -0.39 is 0 Å². The van der Waals surface area contributed by atoms with Crippen LogP contribution in [-0.4, -0.2) is 20.5 Å². The van der Waals surface area contributed by atoms with Crippen LogP contribution in [0.15, 0.2) is 83.6 Å². The lowest BCUT2D eigenvalue weighted by molar-refractivity contribution is -0.116. The Hall–Kier alpha value is -3.51. The highest BCUT2D eigenvalue weighted by Gasteiger charge is 2.41. The highest BCUT2D eigenvalue weighted by atomic mass is 32.1. The van der Waals surface area contributed by atoms with Gasteiger partial charge in [0, 0.05) is 52.4 Å². The molecule has 0 fully saturated rings. The molecule has 2 atom stereocenters. The van der Waals surface area contributed by atoms with Gasteiger partial charge in [-0.05, 0) is 48.6 Å². The summed E-state index contributed by atoms with van der Waals surface area (Å²) in [4.78, 5) is 19.2. The van der Waals surface area contributed by atoms with Gasteiger partial charge in [-0.2, -0.15) is 5.10 Å². The fourth-order valence-corrected chi connectivity index (χ4v) is 5.87. The van der Waals surface area contributed by atoms with Crippen molar-refractivity contribution < 1.29 is 4.79 Å². The molecule has 6 heteroatoms. The summed E-state index contributed by atoms with van der Waals surface area (Å²) in [5.74, 6) is 1.20. The Morgan fingerprint density at radius 2 is 1.94 bits per heavy atom. The standard InChI is InChI=1S/C26H22N4OS/c1-16-23-24(17-7-5-11-27-15-17)25-20(13-18(14-21(25)31)22-10-6-12-32-22)28-26(23)30(29-16)19-8-3-2-4-9-19/h2-12,15,18,24,28H,13-14H2,1H3/t18-,24+/m0/s1. The summed E-state index contributed by atoms with van der Waals surface area (Å²) in [6, 6.07) is 18.3.